The Balaban J connectivity index is 2.30. The van der Waals surface area contributed by atoms with Gasteiger partial charge in [0.05, 0.1) is 6.61 Å². The SMILES string of the molecule is CC1(C)CC[C@@](I)(Cc2ccc(Cl)cc2)[C@@]1(C)CO. The Morgan fingerprint density at radius 1 is 1.16 bits per heavy atom. The summed E-state index contributed by atoms with van der Waals surface area (Å²) >= 11 is 8.54. The Morgan fingerprint density at radius 2 is 1.74 bits per heavy atom. The summed E-state index contributed by atoms with van der Waals surface area (Å²) in [5.41, 5.74) is 1.42. The van der Waals surface area contributed by atoms with E-state index in [0.717, 1.165) is 17.9 Å². The van der Waals surface area contributed by atoms with Crippen LogP contribution in [0.5, 0.6) is 0 Å². The third kappa shape index (κ3) is 2.56. The third-order valence-corrected chi connectivity index (χ3v) is 7.71. The van der Waals surface area contributed by atoms with E-state index in [2.05, 4.69) is 55.5 Å². The van der Waals surface area contributed by atoms with E-state index in [1.165, 1.54) is 12.0 Å². The fraction of sp³-hybridized carbons (Fsp3) is 0.625. The fourth-order valence-electron chi connectivity index (χ4n) is 3.23. The summed E-state index contributed by atoms with van der Waals surface area (Å²) in [5.74, 6) is 0. The van der Waals surface area contributed by atoms with Gasteiger partial charge in [-0.1, -0.05) is 67.1 Å². The van der Waals surface area contributed by atoms with E-state index < -0.39 is 0 Å². The normalized spacial score (nSPS) is 33.6. The van der Waals surface area contributed by atoms with E-state index in [1.807, 2.05) is 12.1 Å². The van der Waals surface area contributed by atoms with Crippen molar-refractivity contribution in [2.75, 3.05) is 6.61 Å². The predicted octanol–water partition coefficient (Wildman–Crippen LogP) is 4.87. The maximum atomic E-state index is 9.99. The predicted molar refractivity (Wildman–Crippen MR) is 90.1 cm³/mol. The van der Waals surface area contributed by atoms with Gasteiger partial charge in [-0.25, -0.2) is 0 Å². The van der Waals surface area contributed by atoms with Crippen LogP contribution in [-0.4, -0.2) is 15.1 Å². The van der Waals surface area contributed by atoms with Gasteiger partial charge in [0, 0.05) is 13.9 Å². The van der Waals surface area contributed by atoms with E-state index in [4.69, 9.17) is 11.6 Å². The van der Waals surface area contributed by atoms with Crippen molar-refractivity contribution >= 4 is 34.2 Å². The molecule has 1 nitrogen and oxygen atoms in total. The molecule has 1 aliphatic carbocycles. The van der Waals surface area contributed by atoms with Crippen molar-refractivity contribution in [3.63, 3.8) is 0 Å². The highest BCUT2D eigenvalue weighted by molar-refractivity contribution is 14.1. The molecule has 0 bridgehead atoms. The van der Waals surface area contributed by atoms with Crippen LogP contribution >= 0.6 is 34.2 Å². The first kappa shape index (κ1) is 15.6. The highest BCUT2D eigenvalue weighted by atomic mass is 127. The number of alkyl halides is 1. The van der Waals surface area contributed by atoms with E-state index in [9.17, 15) is 5.11 Å². The molecule has 3 heteroatoms. The summed E-state index contributed by atoms with van der Waals surface area (Å²) in [6, 6.07) is 8.11. The van der Waals surface area contributed by atoms with Crippen LogP contribution in [0, 0.1) is 10.8 Å². The van der Waals surface area contributed by atoms with E-state index >= 15 is 0 Å². The maximum Gasteiger partial charge on any atom is 0.0502 e. The summed E-state index contributed by atoms with van der Waals surface area (Å²) in [5, 5.41) is 10.8. The molecule has 1 aromatic rings. The number of aliphatic hydroxyl groups is 1. The Morgan fingerprint density at radius 3 is 2.26 bits per heavy atom. The molecule has 0 aliphatic heterocycles. The molecule has 106 valence electrons. The van der Waals surface area contributed by atoms with Gasteiger partial charge < -0.3 is 5.11 Å². The minimum Gasteiger partial charge on any atom is -0.396 e. The molecule has 2 rings (SSSR count). The first-order valence-corrected chi connectivity index (χ1v) is 8.24. The average Bonchev–Trinajstić information content (AvgIpc) is 2.54. The van der Waals surface area contributed by atoms with Crippen LogP contribution in [0.4, 0.5) is 0 Å². The van der Waals surface area contributed by atoms with Gasteiger partial charge in [0.1, 0.15) is 0 Å². The largest absolute Gasteiger partial charge is 0.396 e. The molecule has 19 heavy (non-hydrogen) atoms. The lowest BCUT2D eigenvalue weighted by Gasteiger charge is -2.46. The zero-order valence-corrected chi connectivity index (χ0v) is 14.8. The summed E-state index contributed by atoms with van der Waals surface area (Å²) in [6.07, 6.45) is 3.31. The van der Waals surface area contributed by atoms with Crippen molar-refractivity contribution in [3.05, 3.63) is 34.9 Å². The first-order chi connectivity index (χ1) is 8.74. The summed E-state index contributed by atoms with van der Waals surface area (Å²) in [6.45, 7) is 7.05. The highest BCUT2D eigenvalue weighted by Gasteiger charge is 2.59. The van der Waals surface area contributed by atoms with Crippen LogP contribution in [0.2, 0.25) is 5.02 Å². The molecule has 1 fully saturated rings. The van der Waals surface area contributed by atoms with Crippen molar-refractivity contribution in [2.45, 2.75) is 43.5 Å². The van der Waals surface area contributed by atoms with Gasteiger partial charge in [-0.3, -0.25) is 0 Å². The zero-order valence-electron chi connectivity index (χ0n) is 11.8. The summed E-state index contributed by atoms with van der Waals surface area (Å²) < 4.78 is 0.108. The minimum atomic E-state index is -0.0554. The van der Waals surface area contributed by atoms with Crippen molar-refractivity contribution in [3.8, 4) is 0 Å². The van der Waals surface area contributed by atoms with Crippen LogP contribution in [-0.2, 0) is 6.42 Å². The molecule has 1 saturated carbocycles. The number of rotatable bonds is 3. The Labute approximate surface area is 134 Å². The smallest absolute Gasteiger partial charge is 0.0502 e. The van der Waals surface area contributed by atoms with Crippen LogP contribution < -0.4 is 0 Å². The fourth-order valence-corrected chi connectivity index (χ4v) is 4.97. The standard InChI is InChI=1S/C16H22ClIO/c1-14(2)8-9-16(18,15(14,3)11-19)10-12-4-6-13(17)7-5-12/h4-7,19H,8-11H2,1-3H3/t15-,16+/m0/s1. The lowest BCUT2D eigenvalue weighted by Crippen LogP contribution is -2.48. The molecule has 0 unspecified atom stereocenters. The van der Waals surface area contributed by atoms with Crippen molar-refractivity contribution in [1.82, 2.24) is 0 Å². The molecule has 0 saturated heterocycles. The number of hydrogen-bond donors (Lipinski definition) is 1. The van der Waals surface area contributed by atoms with Gasteiger partial charge in [0.25, 0.3) is 0 Å². The molecule has 1 aromatic carbocycles. The number of benzene rings is 1. The van der Waals surface area contributed by atoms with Gasteiger partial charge in [-0.2, -0.15) is 0 Å². The second kappa shape index (κ2) is 5.19. The topological polar surface area (TPSA) is 20.2 Å². The Kier molecular flexibility index (Phi) is 4.26. The van der Waals surface area contributed by atoms with Crippen LogP contribution in [0.3, 0.4) is 0 Å². The van der Waals surface area contributed by atoms with E-state index in [1.54, 1.807) is 0 Å². The van der Waals surface area contributed by atoms with Gasteiger partial charge in [0.15, 0.2) is 0 Å². The quantitative estimate of drug-likeness (QED) is 0.574. The molecule has 0 heterocycles. The second-order valence-electron chi connectivity index (χ2n) is 6.64. The monoisotopic (exact) mass is 392 g/mol. The second-order valence-corrected chi connectivity index (χ2v) is 9.14. The molecule has 0 radical (unpaired) electrons. The van der Waals surface area contributed by atoms with E-state index in [-0.39, 0.29) is 20.9 Å². The van der Waals surface area contributed by atoms with Gasteiger partial charge >= 0.3 is 0 Å². The van der Waals surface area contributed by atoms with Crippen molar-refractivity contribution in [1.29, 1.82) is 0 Å². The lowest BCUT2D eigenvalue weighted by molar-refractivity contribution is 0.0317. The average molecular weight is 393 g/mol. The highest BCUT2D eigenvalue weighted by Crippen LogP contribution is 2.62. The molecule has 0 amide bonds. The number of aliphatic hydroxyl groups excluding tert-OH is 1. The maximum absolute atomic E-state index is 9.99. The molecular weight excluding hydrogens is 371 g/mol. The van der Waals surface area contributed by atoms with E-state index in [0.29, 0.717) is 0 Å². The van der Waals surface area contributed by atoms with Gasteiger partial charge in [-0.15, -0.1) is 0 Å². The molecule has 0 spiro atoms. The van der Waals surface area contributed by atoms with Crippen LogP contribution in [0.15, 0.2) is 24.3 Å². The van der Waals surface area contributed by atoms with Gasteiger partial charge in [-0.05, 0) is 42.4 Å². The lowest BCUT2D eigenvalue weighted by atomic mass is 9.65. The van der Waals surface area contributed by atoms with Crippen LogP contribution in [0.1, 0.15) is 39.2 Å². The molecule has 1 N–H and O–H groups in total. The number of hydrogen-bond acceptors (Lipinski definition) is 1. The Bertz CT molecular complexity index is 456. The van der Waals surface area contributed by atoms with Crippen LogP contribution in [0.25, 0.3) is 0 Å². The summed E-state index contributed by atoms with van der Waals surface area (Å²) in [7, 11) is 0. The van der Waals surface area contributed by atoms with Gasteiger partial charge in [0.2, 0.25) is 0 Å². The Hall–Kier alpha value is 0.200. The third-order valence-electron chi connectivity index (χ3n) is 5.34. The first-order valence-electron chi connectivity index (χ1n) is 6.78. The molecular formula is C16H22ClIO. The number of halogens is 2. The molecule has 0 aromatic heterocycles. The molecule has 2 atom stereocenters. The summed E-state index contributed by atoms with van der Waals surface area (Å²) in [4.78, 5) is 0. The van der Waals surface area contributed by atoms with Crippen molar-refractivity contribution < 1.29 is 5.11 Å². The van der Waals surface area contributed by atoms with Crippen molar-refractivity contribution in [2.24, 2.45) is 10.8 Å². The minimum absolute atomic E-state index is 0.0554. The zero-order chi connectivity index (χ0) is 14.3. The molecule has 1 aliphatic rings.